The summed E-state index contributed by atoms with van der Waals surface area (Å²) in [5, 5.41) is 7.26. The molecule has 8 heteroatoms. The molecule has 2 aromatic heterocycles. The second-order valence-electron chi connectivity index (χ2n) is 5.60. The average molecular weight is 368 g/mol. The predicted molar refractivity (Wildman–Crippen MR) is 99.2 cm³/mol. The van der Waals surface area contributed by atoms with Crippen LogP contribution in [0.5, 0.6) is 0 Å². The van der Waals surface area contributed by atoms with Gasteiger partial charge in [-0.2, -0.15) is 5.10 Å². The Labute approximate surface area is 150 Å². The highest BCUT2D eigenvalue weighted by Crippen LogP contribution is 2.25. The molecule has 0 radical (unpaired) electrons. The quantitative estimate of drug-likeness (QED) is 0.601. The van der Waals surface area contributed by atoms with Crippen LogP contribution in [-0.4, -0.2) is 20.7 Å². The van der Waals surface area contributed by atoms with Crippen LogP contribution in [0.15, 0.2) is 47.3 Å². The Morgan fingerprint density at radius 1 is 1.27 bits per heavy atom. The standard InChI is InChI=1S/C18H13FN4O2S/c1-2-23-13-8-7-10(19)9-11(13)16(24)15(22-23)17(25)21-18-20-12-5-3-4-6-14(12)26-18/h3-9H,2H2,1H3,(H,20,21,25). The number of hydrogen-bond acceptors (Lipinski definition) is 5. The number of aryl methyl sites for hydroxylation is 1. The van der Waals surface area contributed by atoms with Crippen molar-refractivity contribution < 1.29 is 9.18 Å². The molecular formula is C18H13FN4O2S. The zero-order valence-electron chi connectivity index (χ0n) is 13.7. The number of hydrogen-bond donors (Lipinski definition) is 1. The van der Waals surface area contributed by atoms with Gasteiger partial charge in [-0.3, -0.25) is 19.6 Å². The summed E-state index contributed by atoms with van der Waals surface area (Å²) in [4.78, 5) is 29.5. The Morgan fingerprint density at radius 3 is 2.85 bits per heavy atom. The number of halogens is 1. The summed E-state index contributed by atoms with van der Waals surface area (Å²) in [6.45, 7) is 2.26. The minimum Gasteiger partial charge on any atom is -0.296 e. The maximum absolute atomic E-state index is 13.6. The van der Waals surface area contributed by atoms with Crippen LogP contribution in [0.3, 0.4) is 0 Å². The monoisotopic (exact) mass is 368 g/mol. The average Bonchev–Trinajstić information content (AvgIpc) is 3.04. The van der Waals surface area contributed by atoms with E-state index in [-0.39, 0.29) is 11.1 Å². The van der Waals surface area contributed by atoms with Crippen LogP contribution >= 0.6 is 11.3 Å². The van der Waals surface area contributed by atoms with Gasteiger partial charge in [-0.1, -0.05) is 23.5 Å². The summed E-state index contributed by atoms with van der Waals surface area (Å²) >= 11 is 1.30. The summed E-state index contributed by atoms with van der Waals surface area (Å²) in [6, 6.07) is 11.3. The van der Waals surface area contributed by atoms with Crippen molar-refractivity contribution in [3.8, 4) is 0 Å². The number of carbonyl (C=O) groups excluding carboxylic acids is 1. The number of nitrogens with zero attached hydrogens (tertiary/aromatic N) is 3. The SMILES string of the molecule is CCn1nc(C(=O)Nc2nc3ccccc3s2)c(=O)c2cc(F)ccc21. The fraction of sp³-hybridized carbons (Fsp3) is 0.111. The highest BCUT2D eigenvalue weighted by Gasteiger charge is 2.19. The molecular weight excluding hydrogens is 355 g/mol. The maximum Gasteiger partial charge on any atom is 0.281 e. The van der Waals surface area contributed by atoms with Crippen molar-refractivity contribution in [3.05, 3.63) is 64.2 Å². The molecule has 0 aliphatic carbocycles. The molecule has 2 heterocycles. The van der Waals surface area contributed by atoms with Crippen LogP contribution in [0, 0.1) is 5.82 Å². The number of fused-ring (bicyclic) bond motifs is 2. The molecule has 2 aromatic carbocycles. The van der Waals surface area contributed by atoms with Gasteiger partial charge in [-0.25, -0.2) is 9.37 Å². The molecule has 0 unspecified atom stereocenters. The van der Waals surface area contributed by atoms with Gasteiger partial charge in [0.25, 0.3) is 5.91 Å². The third-order valence-corrected chi connectivity index (χ3v) is 4.90. The van der Waals surface area contributed by atoms with Crippen molar-refractivity contribution in [2.24, 2.45) is 0 Å². The van der Waals surface area contributed by atoms with E-state index in [1.54, 1.807) is 0 Å². The number of aromatic nitrogens is 3. The highest BCUT2D eigenvalue weighted by molar-refractivity contribution is 7.22. The fourth-order valence-corrected chi connectivity index (χ4v) is 3.60. The molecule has 6 nitrogen and oxygen atoms in total. The number of carbonyl (C=O) groups is 1. The van der Waals surface area contributed by atoms with Crippen LogP contribution in [0.25, 0.3) is 21.1 Å². The molecule has 0 spiro atoms. The van der Waals surface area contributed by atoms with Gasteiger partial charge in [0, 0.05) is 6.54 Å². The summed E-state index contributed by atoms with van der Waals surface area (Å²) in [6.07, 6.45) is 0. The Balaban J connectivity index is 1.78. The molecule has 0 saturated heterocycles. The lowest BCUT2D eigenvalue weighted by atomic mass is 10.2. The molecule has 1 amide bonds. The van der Waals surface area contributed by atoms with Gasteiger partial charge in [0.15, 0.2) is 10.8 Å². The van der Waals surface area contributed by atoms with Crippen molar-refractivity contribution >= 4 is 43.5 Å². The molecule has 0 aliphatic rings. The molecule has 1 N–H and O–H groups in total. The number of benzene rings is 2. The first-order valence-corrected chi connectivity index (χ1v) is 8.76. The molecule has 0 bridgehead atoms. The minimum atomic E-state index is -0.664. The largest absolute Gasteiger partial charge is 0.296 e. The number of rotatable bonds is 3. The predicted octanol–water partition coefficient (Wildman–Crippen LogP) is 3.42. The van der Waals surface area contributed by atoms with Gasteiger partial charge in [-0.05, 0) is 37.3 Å². The van der Waals surface area contributed by atoms with E-state index in [0.717, 1.165) is 16.3 Å². The Hall–Kier alpha value is -3.13. The van der Waals surface area contributed by atoms with Gasteiger partial charge in [0.05, 0.1) is 21.1 Å². The first kappa shape index (κ1) is 16.3. The van der Waals surface area contributed by atoms with Crippen molar-refractivity contribution in [1.29, 1.82) is 0 Å². The molecule has 0 aliphatic heterocycles. The van der Waals surface area contributed by atoms with Crippen molar-refractivity contribution in [2.45, 2.75) is 13.5 Å². The third-order valence-electron chi connectivity index (χ3n) is 3.95. The Kier molecular flexibility index (Phi) is 3.96. The molecule has 4 aromatic rings. The minimum absolute atomic E-state index is 0.122. The Morgan fingerprint density at radius 2 is 2.08 bits per heavy atom. The van der Waals surface area contributed by atoms with Gasteiger partial charge >= 0.3 is 0 Å². The number of nitrogens with one attached hydrogen (secondary N) is 1. The number of para-hydroxylation sites is 1. The summed E-state index contributed by atoms with van der Waals surface area (Å²) < 4.78 is 16.0. The second kappa shape index (κ2) is 6.30. The van der Waals surface area contributed by atoms with Gasteiger partial charge in [0.2, 0.25) is 5.43 Å². The van der Waals surface area contributed by atoms with E-state index in [0.29, 0.717) is 17.2 Å². The van der Waals surface area contributed by atoms with E-state index in [4.69, 9.17) is 0 Å². The first-order chi connectivity index (χ1) is 12.6. The van der Waals surface area contributed by atoms with Crippen LogP contribution in [-0.2, 0) is 6.54 Å². The van der Waals surface area contributed by atoms with Crippen LogP contribution in [0.4, 0.5) is 9.52 Å². The van der Waals surface area contributed by atoms with Crippen LogP contribution in [0.1, 0.15) is 17.4 Å². The van der Waals surface area contributed by atoms with E-state index in [9.17, 15) is 14.0 Å². The van der Waals surface area contributed by atoms with Crippen LogP contribution < -0.4 is 10.7 Å². The van der Waals surface area contributed by atoms with E-state index < -0.39 is 17.2 Å². The lowest BCUT2D eigenvalue weighted by Gasteiger charge is -2.09. The summed E-state index contributed by atoms with van der Waals surface area (Å²) in [5.74, 6) is -1.21. The first-order valence-electron chi connectivity index (χ1n) is 7.94. The van der Waals surface area contributed by atoms with Gasteiger partial charge in [-0.15, -0.1) is 0 Å². The zero-order valence-corrected chi connectivity index (χ0v) is 14.5. The smallest absolute Gasteiger partial charge is 0.281 e. The number of anilines is 1. The Bertz CT molecular complexity index is 1180. The molecule has 0 saturated carbocycles. The highest BCUT2D eigenvalue weighted by atomic mass is 32.1. The van der Waals surface area contributed by atoms with E-state index in [2.05, 4.69) is 15.4 Å². The zero-order chi connectivity index (χ0) is 18.3. The number of amides is 1. The lowest BCUT2D eigenvalue weighted by Crippen LogP contribution is -2.27. The topological polar surface area (TPSA) is 76.9 Å². The van der Waals surface area contributed by atoms with Gasteiger partial charge in [0.1, 0.15) is 5.82 Å². The van der Waals surface area contributed by atoms with Crippen molar-refractivity contribution in [3.63, 3.8) is 0 Å². The maximum atomic E-state index is 13.6. The van der Waals surface area contributed by atoms with Crippen molar-refractivity contribution in [2.75, 3.05) is 5.32 Å². The third kappa shape index (κ3) is 2.74. The molecule has 26 heavy (non-hydrogen) atoms. The van der Waals surface area contributed by atoms with Crippen molar-refractivity contribution in [1.82, 2.24) is 14.8 Å². The van der Waals surface area contributed by atoms with E-state index in [1.807, 2.05) is 31.2 Å². The summed E-state index contributed by atoms with van der Waals surface area (Å²) in [7, 11) is 0. The van der Waals surface area contributed by atoms with E-state index in [1.165, 1.54) is 28.2 Å². The van der Waals surface area contributed by atoms with Gasteiger partial charge < -0.3 is 0 Å². The fourth-order valence-electron chi connectivity index (χ4n) is 2.73. The molecule has 0 atom stereocenters. The second-order valence-corrected chi connectivity index (χ2v) is 6.63. The normalized spacial score (nSPS) is 11.2. The number of thiazole rings is 1. The lowest BCUT2D eigenvalue weighted by molar-refractivity contribution is 0.101. The molecule has 4 rings (SSSR count). The summed E-state index contributed by atoms with van der Waals surface area (Å²) in [5.41, 5.74) is 0.342. The molecule has 0 fully saturated rings. The van der Waals surface area contributed by atoms with E-state index >= 15 is 0 Å². The van der Waals surface area contributed by atoms with Crippen LogP contribution in [0.2, 0.25) is 0 Å². The molecule has 130 valence electrons.